The molecule has 126 valence electrons. The molecule has 24 heavy (non-hydrogen) atoms. The second-order valence-electron chi connectivity index (χ2n) is 6.32. The van der Waals surface area contributed by atoms with Crippen molar-refractivity contribution < 1.29 is 13.9 Å². The van der Waals surface area contributed by atoms with Crippen molar-refractivity contribution in [3.05, 3.63) is 71.0 Å². The third-order valence-electron chi connectivity index (χ3n) is 4.42. The van der Waals surface area contributed by atoms with E-state index in [1.807, 2.05) is 37.3 Å². The van der Waals surface area contributed by atoms with Crippen LogP contribution in [-0.2, 0) is 4.74 Å². The van der Waals surface area contributed by atoms with Gasteiger partial charge in [0.25, 0.3) is 5.91 Å². The lowest BCUT2D eigenvalue weighted by Gasteiger charge is -2.22. The van der Waals surface area contributed by atoms with Crippen molar-refractivity contribution >= 4 is 5.91 Å². The number of carbonyl (C=O) groups is 1. The summed E-state index contributed by atoms with van der Waals surface area (Å²) in [6, 6.07) is 15.0. The van der Waals surface area contributed by atoms with E-state index in [9.17, 15) is 9.18 Å². The average molecular weight is 327 g/mol. The molecule has 2 aromatic carbocycles. The van der Waals surface area contributed by atoms with Gasteiger partial charge in [0.05, 0.1) is 17.8 Å². The zero-order valence-corrected chi connectivity index (χ0v) is 14.0. The maximum Gasteiger partial charge on any atom is 0.256 e. The average Bonchev–Trinajstić information content (AvgIpc) is 2.79. The highest BCUT2D eigenvalue weighted by Gasteiger charge is 2.28. The largest absolute Gasteiger partial charge is 0.369 e. The minimum Gasteiger partial charge on any atom is -0.369 e. The van der Waals surface area contributed by atoms with E-state index in [0.717, 1.165) is 5.56 Å². The maximum absolute atomic E-state index is 14.3. The summed E-state index contributed by atoms with van der Waals surface area (Å²) in [6.07, 6.45) is 0.559. The standard InChI is InChI=1S/C20H22FNO2/c1-14-7-6-10-17(19(14)21)20(23)22-12-11-18(24-15(2)13-22)16-8-4-3-5-9-16/h3-10,15,18H,11-13H2,1-2H3. The fraction of sp³-hybridized carbons (Fsp3) is 0.350. The fourth-order valence-corrected chi connectivity index (χ4v) is 3.15. The summed E-state index contributed by atoms with van der Waals surface area (Å²) in [4.78, 5) is 14.4. The summed E-state index contributed by atoms with van der Waals surface area (Å²) in [5.41, 5.74) is 1.74. The fourth-order valence-electron chi connectivity index (χ4n) is 3.15. The predicted octanol–water partition coefficient (Wildman–Crippen LogP) is 4.13. The molecule has 0 bridgehead atoms. The predicted molar refractivity (Wildman–Crippen MR) is 91.4 cm³/mol. The van der Waals surface area contributed by atoms with Crippen molar-refractivity contribution in [2.24, 2.45) is 0 Å². The van der Waals surface area contributed by atoms with E-state index in [2.05, 4.69) is 0 Å². The molecule has 0 aromatic heterocycles. The molecule has 3 rings (SSSR count). The molecule has 0 aliphatic carbocycles. The summed E-state index contributed by atoms with van der Waals surface area (Å²) in [5.74, 6) is -0.694. The van der Waals surface area contributed by atoms with Gasteiger partial charge in [-0.3, -0.25) is 4.79 Å². The Morgan fingerprint density at radius 2 is 1.92 bits per heavy atom. The van der Waals surface area contributed by atoms with Crippen molar-refractivity contribution in [3.63, 3.8) is 0 Å². The second-order valence-corrected chi connectivity index (χ2v) is 6.32. The number of carbonyl (C=O) groups excluding carboxylic acids is 1. The molecule has 2 atom stereocenters. The molecule has 1 aliphatic heterocycles. The first-order valence-electron chi connectivity index (χ1n) is 8.31. The molecule has 1 saturated heterocycles. The van der Waals surface area contributed by atoms with Gasteiger partial charge in [-0.15, -0.1) is 0 Å². The topological polar surface area (TPSA) is 29.5 Å². The Labute approximate surface area is 142 Å². The van der Waals surface area contributed by atoms with Gasteiger partial charge in [0.1, 0.15) is 5.82 Å². The lowest BCUT2D eigenvalue weighted by atomic mass is 10.1. The van der Waals surface area contributed by atoms with Crippen molar-refractivity contribution in [2.45, 2.75) is 32.5 Å². The van der Waals surface area contributed by atoms with Gasteiger partial charge >= 0.3 is 0 Å². The van der Waals surface area contributed by atoms with Crippen LogP contribution in [0.4, 0.5) is 4.39 Å². The molecule has 0 saturated carbocycles. The molecule has 1 amide bonds. The molecular formula is C20H22FNO2. The number of hydrogen-bond acceptors (Lipinski definition) is 2. The number of halogens is 1. The number of nitrogens with zero attached hydrogens (tertiary/aromatic N) is 1. The normalized spacial score (nSPS) is 21.4. The highest BCUT2D eigenvalue weighted by Crippen LogP contribution is 2.27. The first-order valence-corrected chi connectivity index (χ1v) is 8.31. The molecule has 2 aromatic rings. The first kappa shape index (κ1) is 16.7. The minimum atomic E-state index is -0.431. The summed E-state index contributed by atoms with van der Waals surface area (Å²) in [7, 11) is 0. The van der Waals surface area contributed by atoms with Crippen molar-refractivity contribution in [1.82, 2.24) is 4.90 Å². The summed E-state index contributed by atoms with van der Waals surface area (Å²) in [6.45, 7) is 4.64. The van der Waals surface area contributed by atoms with E-state index in [4.69, 9.17) is 4.74 Å². The Balaban J connectivity index is 1.78. The number of ether oxygens (including phenoxy) is 1. The maximum atomic E-state index is 14.3. The number of rotatable bonds is 2. The molecule has 1 heterocycles. The van der Waals surface area contributed by atoms with Crippen LogP contribution in [0.2, 0.25) is 0 Å². The van der Waals surface area contributed by atoms with Gasteiger partial charge < -0.3 is 9.64 Å². The van der Waals surface area contributed by atoms with E-state index in [-0.39, 0.29) is 23.7 Å². The van der Waals surface area contributed by atoms with Crippen LogP contribution in [0, 0.1) is 12.7 Å². The zero-order valence-electron chi connectivity index (χ0n) is 14.0. The van der Waals surface area contributed by atoms with Gasteiger partial charge in [-0.2, -0.15) is 0 Å². The third kappa shape index (κ3) is 3.49. The molecular weight excluding hydrogens is 305 g/mol. The SMILES string of the molecule is Cc1cccc(C(=O)N2CCC(c3ccccc3)OC(C)C2)c1F. The summed E-state index contributed by atoms with van der Waals surface area (Å²) >= 11 is 0. The Morgan fingerprint density at radius 1 is 1.17 bits per heavy atom. The number of hydrogen-bond donors (Lipinski definition) is 0. The molecule has 0 spiro atoms. The van der Waals surface area contributed by atoms with Crippen LogP contribution < -0.4 is 0 Å². The lowest BCUT2D eigenvalue weighted by Crippen LogP contribution is -2.36. The molecule has 4 heteroatoms. The van der Waals surface area contributed by atoms with Crippen LogP contribution in [0.1, 0.15) is 40.9 Å². The highest BCUT2D eigenvalue weighted by molar-refractivity contribution is 5.94. The van der Waals surface area contributed by atoms with Crippen molar-refractivity contribution in [3.8, 4) is 0 Å². The number of aryl methyl sites for hydroxylation is 1. The van der Waals surface area contributed by atoms with Gasteiger partial charge in [0, 0.05) is 13.1 Å². The third-order valence-corrected chi connectivity index (χ3v) is 4.42. The zero-order chi connectivity index (χ0) is 17.1. The molecule has 0 radical (unpaired) electrons. The number of benzene rings is 2. The molecule has 3 nitrogen and oxygen atoms in total. The quantitative estimate of drug-likeness (QED) is 0.830. The van der Waals surface area contributed by atoms with E-state index in [1.54, 1.807) is 30.0 Å². The molecule has 0 N–H and O–H groups in total. The van der Waals surface area contributed by atoms with Gasteiger partial charge in [-0.05, 0) is 37.5 Å². The molecule has 1 fully saturated rings. The smallest absolute Gasteiger partial charge is 0.256 e. The van der Waals surface area contributed by atoms with Crippen LogP contribution in [-0.4, -0.2) is 30.0 Å². The molecule has 1 aliphatic rings. The lowest BCUT2D eigenvalue weighted by molar-refractivity contribution is 0.00287. The Hall–Kier alpha value is -2.20. The van der Waals surface area contributed by atoms with Crippen LogP contribution >= 0.6 is 0 Å². The monoisotopic (exact) mass is 327 g/mol. The summed E-state index contributed by atoms with van der Waals surface area (Å²) < 4.78 is 20.3. The van der Waals surface area contributed by atoms with Crippen LogP contribution in [0.15, 0.2) is 48.5 Å². The van der Waals surface area contributed by atoms with Gasteiger partial charge in [0.2, 0.25) is 0 Å². The van der Waals surface area contributed by atoms with Crippen LogP contribution in [0.3, 0.4) is 0 Å². The Morgan fingerprint density at radius 3 is 2.67 bits per heavy atom. The Bertz CT molecular complexity index is 717. The van der Waals surface area contributed by atoms with Gasteiger partial charge in [-0.1, -0.05) is 42.5 Å². The van der Waals surface area contributed by atoms with Crippen molar-refractivity contribution in [1.29, 1.82) is 0 Å². The van der Waals surface area contributed by atoms with Gasteiger partial charge in [-0.25, -0.2) is 4.39 Å². The van der Waals surface area contributed by atoms with Gasteiger partial charge in [0.15, 0.2) is 0 Å². The van der Waals surface area contributed by atoms with Crippen molar-refractivity contribution in [2.75, 3.05) is 13.1 Å². The molecule has 2 unspecified atom stereocenters. The van der Waals surface area contributed by atoms with Crippen LogP contribution in [0.5, 0.6) is 0 Å². The van der Waals surface area contributed by atoms with E-state index in [0.29, 0.717) is 25.1 Å². The van der Waals surface area contributed by atoms with E-state index >= 15 is 0 Å². The van der Waals surface area contributed by atoms with E-state index < -0.39 is 5.82 Å². The Kier molecular flexibility index (Phi) is 4.95. The van der Waals surface area contributed by atoms with Crippen LogP contribution in [0.25, 0.3) is 0 Å². The highest BCUT2D eigenvalue weighted by atomic mass is 19.1. The summed E-state index contributed by atoms with van der Waals surface area (Å²) in [5, 5.41) is 0. The number of amides is 1. The second kappa shape index (κ2) is 7.14. The first-order chi connectivity index (χ1) is 11.6. The van der Waals surface area contributed by atoms with E-state index in [1.165, 1.54) is 0 Å². The minimum absolute atomic E-state index is 0.0404.